The number of phenols is 1. The van der Waals surface area contributed by atoms with Crippen LogP contribution in [-0.2, 0) is 16.1 Å². The van der Waals surface area contributed by atoms with Gasteiger partial charge in [0, 0.05) is 0 Å². The van der Waals surface area contributed by atoms with Crippen LogP contribution in [0.15, 0.2) is 84.9 Å². The summed E-state index contributed by atoms with van der Waals surface area (Å²) >= 11 is 0. The summed E-state index contributed by atoms with van der Waals surface area (Å²) in [4.78, 5) is 22.4. The molecule has 0 aliphatic carbocycles. The standard InChI is InChI=1S/C14H12O2.C8H8O3/c15-14(13-9-5-2-6-10-13)16-11-12-7-3-1-4-8-12;1-11-8(10)6-4-2-3-5-7(6)9/h1-10H,11H2;2-5,9H,1H3. The molecule has 5 heteroatoms. The normalized spacial score (nSPS) is 9.52. The summed E-state index contributed by atoms with van der Waals surface area (Å²) in [6.07, 6.45) is 0. The molecule has 0 aromatic heterocycles. The van der Waals surface area contributed by atoms with E-state index in [1.807, 2.05) is 48.5 Å². The van der Waals surface area contributed by atoms with Crippen molar-refractivity contribution in [2.75, 3.05) is 7.11 Å². The fourth-order valence-electron chi connectivity index (χ4n) is 2.14. The molecule has 0 aliphatic heterocycles. The van der Waals surface area contributed by atoms with Crippen molar-refractivity contribution in [1.82, 2.24) is 0 Å². The molecule has 0 fully saturated rings. The molecule has 0 radical (unpaired) electrons. The number of phenolic OH excluding ortho intramolecular Hbond substituents is 1. The number of hydrogen-bond acceptors (Lipinski definition) is 5. The Hall–Kier alpha value is -3.60. The van der Waals surface area contributed by atoms with Gasteiger partial charge in [-0.25, -0.2) is 9.59 Å². The van der Waals surface area contributed by atoms with E-state index in [0.717, 1.165) is 5.56 Å². The smallest absolute Gasteiger partial charge is 0.341 e. The highest BCUT2D eigenvalue weighted by atomic mass is 16.5. The Morgan fingerprint density at radius 1 is 0.778 bits per heavy atom. The van der Waals surface area contributed by atoms with E-state index in [-0.39, 0.29) is 17.3 Å². The minimum Gasteiger partial charge on any atom is -0.507 e. The van der Waals surface area contributed by atoms with E-state index in [1.54, 1.807) is 24.3 Å². The van der Waals surface area contributed by atoms with Crippen molar-refractivity contribution < 1.29 is 24.2 Å². The molecule has 0 aliphatic rings. The summed E-state index contributed by atoms with van der Waals surface area (Å²) in [6.45, 7) is 0.314. The summed E-state index contributed by atoms with van der Waals surface area (Å²) < 4.78 is 9.59. The maximum absolute atomic E-state index is 11.6. The number of aromatic hydroxyl groups is 1. The van der Waals surface area contributed by atoms with Gasteiger partial charge in [0.05, 0.1) is 12.7 Å². The highest BCUT2D eigenvalue weighted by Gasteiger charge is 2.08. The minimum atomic E-state index is -0.525. The van der Waals surface area contributed by atoms with Gasteiger partial charge in [-0.15, -0.1) is 0 Å². The molecule has 0 amide bonds. The number of methoxy groups -OCH3 is 1. The fraction of sp³-hybridized carbons (Fsp3) is 0.0909. The fourth-order valence-corrected chi connectivity index (χ4v) is 2.14. The third-order valence-corrected chi connectivity index (χ3v) is 3.53. The number of benzene rings is 3. The zero-order valence-electron chi connectivity index (χ0n) is 14.9. The van der Waals surface area contributed by atoms with Gasteiger partial charge in [-0.1, -0.05) is 60.7 Å². The number of ether oxygens (including phenoxy) is 2. The van der Waals surface area contributed by atoms with Crippen LogP contribution in [0, 0.1) is 0 Å². The zero-order valence-corrected chi connectivity index (χ0v) is 14.9. The van der Waals surface area contributed by atoms with Crippen molar-refractivity contribution in [2.24, 2.45) is 0 Å². The first-order chi connectivity index (χ1) is 13.1. The lowest BCUT2D eigenvalue weighted by Gasteiger charge is -2.04. The molecule has 5 nitrogen and oxygen atoms in total. The highest BCUT2D eigenvalue weighted by molar-refractivity contribution is 5.92. The molecule has 0 unspecified atom stereocenters. The van der Waals surface area contributed by atoms with Gasteiger partial charge in [-0.05, 0) is 29.8 Å². The van der Waals surface area contributed by atoms with E-state index in [4.69, 9.17) is 9.84 Å². The number of esters is 2. The van der Waals surface area contributed by atoms with Gasteiger partial charge < -0.3 is 14.6 Å². The van der Waals surface area contributed by atoms with E-state index in [2.05, 4.69) is 4.74 Å². The molecular weight excluding hydrogens is 344 g/mol. The Balaban J connectivity index is 0.000000208. The maximum Gasteiger partial charge on any atom is 0.341 e. The number of para-hydroxylation sites is 1. The predicted molar refractivity (Wildman–Crippen MR) is 101 cm³/mol. The quantitative estimate of drug-likeness (QED) is 0.702. The van der Waals surface area contributed by atoms with Gasteiger partial charge in [0.2, 0.25) is 0 Å². The SMILES string of the molecule is COC(=O)c1ccccc1O.O=C(OCc1ccccc1)c1ccccc1. The second-order valence-electron chi connectivity index (χ2n) is 5.44. The van der Waals surface area contributed by atoms with Crippen molar-refractivity contribution in [3.63, 3.8) is 0 Å². The monoisotopic (exact) mass is 364 g/mol. The molecule has 0 bridgehead atoms. The molecule has 138 valence electrons. The first-order valence-corrected chi connectivity index (χ1v) is 8.24. The summed E-state index contributed by atoms with van der Waals surface area (Å²) in [5, 5.41) is 9.11. The van der Waals surface area contributed by atoms with E-state index < -0.39 is 5.97 Å². The molecule has 0 spiro atoms. The lowest BCUT2D eigenvalue weighted by atomic mass is 10.2. The molecule has 0 atom stereocenters. The molecule has 0 saturated heterocycles. The van der Waals surface area contributed by atoms with Crippen LogP contribution >= 0.6 is 0 Å². The van der Waals surface area contributed by atoms with E-state index in [0.29, 0.717) is 12.2 Å². The molecular formula is C22H20O5. The number of carbonyl (C=O) groups excluding carboxylic acids is 2. The Morgan fingerprint density at radius 2 is 1.33 bits per heavy atom. The molecule has 27 heavy (non-hydrogen) atoms. The van der Waals surface area contributed by atoms with Gasteiger partial charge in [0.25, 0.3) is 0 Å². The molecule has 3 rings (SSSR count). The average Bonchev–Trinajstić information content (AvgIpc) is 2.73. The third-order valence-electron chi connectivity index (χ3n) is 3.53. The topological polar surface area (TPSA) is 72.8 Å². The van der Waals surface area contributed by atoms with E-state index >= 15 is 0 Å². The van der Waals surface area contributed by atoms with Crippen molar-refractivity contribution in [3.05, 3.63) is 102 Å². The summed E-state index contributed by atoms with van der Waals surface area (Å²) in [5.74, 6) is -0.869. The third kappa shape index (κ3) is 6.32. The Bertz CT molecular complexity index is 860. The molecule has 3 aromatic rings. The summed E-state index contributed by atoms with van der Waals surface area (Å²) in [5.41, 5.74) is 1.76. The highest BCUT2D eigenvalue weighted by Crippen LogP contribution is 2.15. The van der Waals surface area contributed by atoms with Crippen molar-refractivity contribution in [2.45, 2.75) is 6.61 Å². The lowest BCUT2D eigenvalue weighted by molar-refractivity contribution is 0.0472. The van der Waals surface area contributed by atoms with Gasteiger partial charge in [0.1, 0.15) is 17.9 Å². The number of carbonyl (C=O) groups is 2. The minimum absolute atomic E-state index is 0.0562. The second kappa shape index (κ2) is 10.4. The maximum atomic E-state index is 11.6. The zero-order chi connectivity index (χ0) is 19.5. The number of rotatable bonds is 4. The van der Waals surface area contributed by atoms with Gasteiger partial charge in [-0.3, -0.25) is 0 Å². The Labute approximate surface area is 157 Å². The Kier molecular flexibility index (Phi) is 7.60. The van der Waals surface area contributed by atoms with Gasteiger partial charge in [0.15, 0.2) is 0 Å². The first-order valence-electron chi connectivity index (χ1n) is 8.24. The van der Waals surface area contributed by atoms with Crippen molar-refractivity contribution in [3.8, 4) is 5.75 Å². The molecule has 3 aromatic carbocycles. The van der Waals surface area contributed by atoms with Gasteiger partial charge >= 0.3 is 11.9 Å². The lowest BCUT2D eigenvalue weighted by Crippen LogP contribution is -2.04. The van der Waals surface area contributed by atoms with Crippen LogP contribution in [0.5, 0.6) is 5.75 Å². The largest absolute Gasteiger partial charge is 0.507 e. The van der Waals surface area contributed by atoms with E-state index in [9.17, 15) is 9.59 Å². The second-order valence-corrected chi connectivity index (χ2v) is 5.44. The van der Waals surface area contributed by atoms with Gasteiger partial charge in [-0.2, -0.15) is 0 Å². The molecule has 0 heterocycles. The summed E-state index contributed by atoms with van der Waals surface area (Å²) in [7, 11) is 1.27. The average molecular weight is 364 g/mol. The van der Waals surface area contributed by atoms with Crippen LogP contribution in [0.1, 0.15) is 26.3 Å². The van der Waals surface area contributed by atoms with Crippen LogP contribution in [0.2, 0.25) is 0 Å². The van der Waals surface area contributed by atoms with E-state index in [1.165, 1.54) is 19.2 Å². The van der Waals surface area contributed by atoms with Crippen LogP contribution in [0.25, 0.3) is 0 Å². The van der Waals surface area contributed by atoms with Crippen LogP contribution in [-0.4, -0.2) is 24.2 Å². The van der Waals surface area contributed by atoms with Crippen molar-refractivity contribution in [1.29, 1.82) is 0 Å². The first kappa shape index (κ1) is 19.7. The van der Waals surface area contributed by atoms with Crippen molar-refractivity contribution >= 4 is 11.9 Å². The van der Waals surface area contributed by atoms with Crippen LogP contribution < -0.4 is 0 Å². The summed E-state index contributed by atoms with van der Waals surface area (Å²) in [6, 6.07) is 24.9. The predicted octanol–water partition coefficient (Wildman–Crippen LogP) is 4.22. The number of hydrogen-bond donors (Lipinski definition) is 1. The molecule has 1 N–H and O–H groups in total. The Morgan fingerprint density at radius 3 is 1.93 bits per heavy atom. The molecule has 0 saturated carbocycles. The van der Waals surface area contributed by atoms with Crippen LogP contribution in [0.4, 0.5) is 0 Å². The van der Waals surface area contributed by atoms with Crippen LogP contribution in [0.3, 0.4) is 0 Å².